The number of rotatable bonds is 8. The Morgan fingerprint density at radius 1 is 1.11 bits per heavy atom. The molecule has 7 heteroatoms. The SMILES string of the molecule is COc1cccc(CNC(=O)Cc2cc(=O)[nH]c(SCc3ccccc3)n2)c1. The summed E-state index contributed by atoms with van der Waals surface area (Å²) in [4.78, 5) is 31.3. The summed E-state index contributed by atoms with van der Waals surface area (Å²) in [7, 11) is 1.60. The van der Waals surface area contributed by atoms with Crippen LogP contribution >= 0.6 is 11.8 Å². The summed E-state index contributed by atoms with van der Waals surface area (Å²) >= 11 is 1.43. The third-order valence-electron chi connectivity index (χ3n) is 3.96. The van der Waals surface area contributed by atoms with Crippen molar-refractivity contribution in [3.8, 4) is 5.75 Å². The largest absolute Gasteiger partial charge is 0.497 e. The van der Waals surface area contributed by atoms with Gasteiger partial charge in [0.05, 0.1) is 19.2 Å². The number of carbonyl (C=O) groups is 1. The van der Waals surface area contributed by atoms with E-state index in [9.17, 15) is 9.59 Å². The summed E-state index contributed by atoms with van der Waals surface area (Å²) in [6, 6.07) is 18.8. The number of H-pyrrole nitrogens is 1. The lowest BCUT2D eigenvalue weighted by atomic mass is 10.2. The second-order valence-corrected chi connectivity index (χ2v) is 7.09. The molecule has 1 amide bonds. The number of thioether (sulfide) groups is 1. The predicted octanol–water partition coefficient (Wildman–Crippen LogP) is 2.93. The molecule has 6 nitrogen and oxygen atoms in total. The Morgan fingerprint density at radius 2 is 1.89 bits per heavy atom. The molecule has 2 N–H and O–H groups in total. The zero-order valence-electron chi connectivity index (χ0n) is 15.5. The summed E-state index contributed by atoms with van der Waals surface area (Å²) in [5, 5.41) is 3.35. The zero-order chi connectivity index (χ0) is 19.8. The first kappa shape index (κ1) is 19.7. The van der Waals surface area contributed by atoms with Gasteiger partial charge in [-0.15, -0.1) is 0 Å². The van der Waals surface area contributed by atoms with Gasteiger partial charge in [-0.05, 0) is 23.3 Å². The lowest BCUT2D eigenvalue weighted by Crippen LogP contribution is -2.25. The van der Waals surface area contributed by atoms with Crippen molar-refractivity contribution in [2.45, 2.75) is 23.9 Å². The maximum absolute atomic E-state index is 12.2. The Morgan fingerprint density at radius 3 is 2.68 bits per heavy atom. The van der Waals surface area contributed by atoms with Crippen molar-refractivity contribution >= 4 is 17.7 Å². The number of benzene rings is 2. The molecule has 0 unspecified atom stereocenters. The minimum atomic E-state index is -0.263. The van der Waals surface area contributed by atoms with E-state index >= 15 is 0 Å². The third kappa shape index (κ3) is 5.99. The van der Waals surface area contributed by atoms with Crippen molar-refractivity contribution in [2.24, 2.45) is 0 Å². The zero-order valence-corrected chi connectivity index (χ0v) is 16.3. The molecule has 28 heavy (non-hydrogen) atoms. The topological polar surface area (TPSA) is 84.1 Å². The van der Waals surface area contributed by atoms with Crippen LogP contribution in [-0.2, 0) is 23.5 Å². The van der Waals surface area contributed by atoms with Crippen LogP contribution in [0.25, 0.3) is 0 Å². The van der Waals surface area contributed by atoms with E-state index in [0.717, 1.165) is 16.9 Å². The van der Waals surface area contributed by atoms with Gasteiger partial charge in [0.1, 0.15) is 5.75 Å². The van der Waals surface area contributed by atoms with E-state index in [-0.39, 0.29) is 17.9 Å². The summed E-state index contributed by atoms with van der Waals surface area (Å²) in [6.45, 7) is 0.384. The van der Waals surface area contributed by atoms with Crippen molar-refractivity contribution in [3.63, 3.8) is 0 Å². The number of amides is 1. The minimum absolute atomic E-state index is 0.0484. The number of nitrogens with one attached hydrogen (secondary N) is 2. The Labute approximate surface area is 167 Å². The van der Waals surface area contributed by atoms with Gasteiger partial charge in [-0.2, -0.15) is 0 Å². The Kier molecular flexibility index (Phi) is 6.86. The normalized spacial score (nSPS) is 10.5. The number of hydrogen-bond donors (Lipinski definition) is 2. The molecule has 0 aliphatic rings. The van der Waals surface area contributed by atoms with Crippen molar-refractivity contribution in [1.82, 2.24) is 15.3 Å². The molecule has 0 saturated heterocycles. The van der Waals surface area contributed by atoms with Gasteiger partial charge in [0.25, 0.3) is 5.56 Å². The van der Waals surface area contributed by atoms with E-state index in [1.165, 1.54) is 17.8 Å². The number of nitrogens with zero attached hydrogens (tertiary/aromatic N) is 1. The van der Waals surface area contributed by atoms with Crippen LogP contribution in [0, 0.1) is 0 Å². The first-order valence-corrected chi connectivity index (χ1v) is 9.77. The molecule has 0 fully saturated rings. The van der Waals surface area contributed by atoms with Crippen LogP contribution in [0.15, 0.2) is 70.6 Å². The van der Waals surface area contributed by atoms with Gasteiger partial charge in [0.2, 0.25) is 5.91 Å². The molecule has 3 aromatic rings. The molecule has 0 saturated carbocycles. The highest BCUT2D eigenvalue weighted by atomic mass is 32.2. The molecular weight excluding hydrogens is 374 g/mol. The van der Waals surface area contributed by atoms with Gasteiger partial charge >= 0.3 is 0 Å². The molecule has 0 radical (unpaired) electrons. The number of aromatic nitrogens is 2. The van der Waals surface area contributed by atoms with Crippen LogP contribution < -0.4 is 15.6 Å². The van der Waals surface area contributed by atoms with Crippen molar-refractivity contribution in [2.75, 3.05) is 7.11 Å². The van der Waals surface area contributed by atoms with Crippen LogP contribution in [0.4, 0.5) is 0 Å². The maximum Gasteiger partial charge on any atom is 0.251 e. The summed E-state index contributed by atoms with van der Waals surface area (Å²) in [5.41, 5.74) is 2.26. The van der Waals surface area contributed by atoms with Gasteiger partial charge in [0, 0.05) is 18.4 Å². The first-order valence-electron chi connectivity index (χ1n) is 8.79. The first-order chi connectivity index (χ1) is 13.6. The lowest BCUT2D eigenvalue weighted by molar-refractivity contribution is -0.120. The number of carbonyl (C=O) groups excluding carboxylic acids is 1. The lowest BCUT2D eigenvalue weighted by Gasteiger charge is -2.07. The second kappa shape index (κ2) is 9.75. The molecule has 144 valence electrons. The number of methoxy groups -OCH3 is 1. The molecule has 2 aromatic carbocycles. The van der Waals surface area contributed by atoms with E-state index in [4.69, 9.17) is 4.74 Å². The van der Waals surface area contributed by atoms with Gasteiger partial charge in [-0.3, -0.25) is 9.59 Å². The van der Waals surface area contributed by atoms with Gasteiger partial charge in [-0.1, -0.05) is 54.2 Å². The highest BCUT2D eigenvalue weighted by molar-refractivity contribution is 7.98. The quantitative estimate of drug-likeness (QED) is 0.453. The highest BCUT2D eigenvalue weighted by Crippen LogP contribution is 2.18. The van der Waals surface area contributed by atoms with Crippen molar-refractivity contribution < 1.29 is 9.53 Å². The fourth-order valence-electron chi connectivity index (χ4n) is 2.58. The molecule has 1 heterocycles. The standard InChI is InChI=1S/C21H21N3O3S/c1-27-18-9-5-8-16(10-18)13-22-19(25)11-17-12-20(26)24-21(23-17)28-14-15-6-3-2-4-7-15/h2-10,12H,11,13-14H2,1H3,(H,22,25)(H,23,24,26). The molecule has 0 spiro atoms. The van der Waals surface area contributed by atoms with Crippen LogP contribution in [0.2, 0.25) is 0 Å². The molecule has 0 aliphatic heterocycles. The molecular formula is C21H21N3O3S. The van der Waals surface area contributed by atoms with E-state index in [1.807, 2.05) is 54.6 Å². The number of ether oxygens (including phenoxy) is 1. The molecule has 0 aliphatic carbocycles. The van der Waals surface area contributed by atoms with Crippen molar-refractivity contribution in [3.05, 3.63) is 87.8 Å². The average Bonchev–Trinajstić information content (AvgIpc) is 2.71. The van der Waals surface area contributed by atoms with E-state index in [2.05, 4.69) is 15.3 Å². The monoisotopic (exact) mass is 395 g/mol. The van der Waals surface area contributed by atoms with Crippen LogP contribution in [-0.4, -0.2) is 23.0 Å². The van der Waals surface area contributed by atoms with E-state index in [1.54, 1.807) is 7.11 Å². The summed E-state index contributed by atoms with van der Waals surface area (Å²) in [5.74, 6) is 1.23. The van der Waals surface area contributed by atoms with Gasteiger partial charge in [0.15, 0.2) is 5.16 Å². The molecule has 0 bridgehead atoms. The second-order valence-electron chi connectivity index (χ2n) is 6.12. The van der Waals surface area contributed by atoms with E-state index in [0.29, 0.717) is 23.1 Å². The Hall–Kier alpha value is -3.06. The van der Waals surface area contributed by atoms with Gasteiger partial charge in [-0.25, -0.2) is 4.98 Å². The molecule has 0 atom stereocenters. The smallest absolute Gasteiger partial charge is 0.251 e. The van der Waals surface area contributed by atoms with E-state index < -0.39 is 0 Å². The van der Waals surface area contributed by atoms with Crippen molar-refractivity contribution in [1.29, 1.82) is 0 Å². The molecule has 1 aromatic heterocycles. The Balaban J connectivity index is 1.57. The van der Waals surface area contributed by atoms with Crippen LogP contribution in [0.1, 0.15) is 16.8 Å². The van der Waals surface area contributed by atoms with Crippen LogP contribution in [0.5, 0.6) is 5.75 Å². The number of aromatic amines is 1. The number of hydrogen-bond acceptors (Lipinski definition) is 5. The average molecular weight is 395 g/mol. The minimum Gasteiger partial charge on any atom is -0.497 e. The van der Waals surface area contributed by atoms with Crippen LogP contribution in [0.3, 0.4) is 0 Å². The predicted molar refractivity (Wildman–Crippen MR) is 109 cm³/mol. The highest BCUT2D eigenvalue weighted by Gasteiger charge is 2.08. The summed E-state index contributed by atoms with van der Waals surface area (Å²) < 4.78 is 5.18. The molecule has 3 rings (SSSR count). The Bertz CT molecular complexity index is 989. The third-order valence-corrected chi connectivity index (χ3v) is 4.90. The maximum atomic E-state index is 12.2. The fourth-order valence-corrected chi connectivity index (χ4v) is 3.43. The summed E-state index contributed by atoms with van der Waals surface area (Å²) in [6.07, 6.45) is 0.0484. The fraction of sp³-hybridized carbons (Fsp3) is 0.190. The van der Waals surface area contributed by atoms with Gasteiger partial charge < -0.3 is 15.0 Å².